The molecule has 1 atom stereocenters. The third kappa shape index (κ3) is 14.8. The molecule has 0 spiro atoms. The number of hydrogen-bond acceptors (Lipinski definition) is 4. The van der Waals surface area contributed by atoms with Gasteiger partial charge in [0.2, 0.25) is 0 Å². The Labute approximate surface area is 135 Å². The van der Waals surface area contributed by atoms with E-state index in [1.54, 1.807) is 0 Å². The maximum atomic E-state index is 11.2. The van der Waals surface area contributed by atoms with E-state index in [9.17, 15) is 9.59 Å². The van der Waals surface area contributed by atoms with Crippen molar-refractivity contribution in [2.45, 2.75) is 72.1 Å². The zero-order valence-corrected chi connectivity index (χ0v) is 14.4. The van der Waals surface area contributed by atoms with Crippen LogP contribution in [-0.2, 0) is 19.1 Å². The number of unbranched alkanes of at least 4 members (excludes halogenated alkanes) is 3. The highest BCUT2D eigenvalue weighted by atomic mass is 16.5. The van der Waals surface area contributed by atoms with Gasteiger partial charge in [-0.25, -0.2) is 0 Å². The van der Waals surface area contributed by atoms with E-state index < -0.39 is 0 Å². The molecule has 0 amide bonds. The lowest BCUT2D eigenvalue weighted by Crippen LogP contribution is -2.14. The highest BCUT2D eigenvalue weighted by molar-refractivity contribution is 5.72. The van der Waals surface area contributed by atoms with Gasteiger partial charge in [-0.3, -0.25) is 9.59 Å². The Bertz CT molecular complexity index is 310. The van der Waals surface area contributed by atoms with Crippen LogP contribution in [0.1, 0.15) is 72.1 Å². The van der Waals surface area contributed by atoms with Crippen molar-refractivity contribution in [2.75, 3.05) is 0 Å². The molecule has 0 rings (SSSR count). The van der Waals surface area contributed by atoms with E-state index in [4.69, 9.17) is 4.74 Å². The van der Waals surface area contributed by atoms with E-state index in [2.05, 4.69) is 31.7 Å². The molecule has 0 N–H and O–H groups in total. The SMILES string of the molecule is C=COC(=O)C(CC)CCCC.C=COC(=O)CCCCC. The molecule has 4 heteroatoms. The second-order valence-electron chi connectivity index (χ2n) is 4.96. The van der Waals surface area contributed by atoms with Crippen molar-refractivity contribution in [2.24, 2.45) is 5.92 Å². The average molecular weight is 312 g/mol. The monoisotopic (exact) mass is 312 g/mol. The van der Waals surface area contributed by atoms with Crippen molar-refractivity contribution in [1.29, 1.82) is 0 Å². The predicted octanol–water partition coefficient (Wildman–Crippen LogP) is 5.14. The van der Waals surface area contributed by atoms with Crippen LogP contribution in [0.3, 0.4) is 0 Å². The summed E-state index contributed by atoms with van der Waals surface area (Å²) in [6.45, 7) is 12.9. The number of carbonyl (C=O) groups excluding carboxylic acids is 2. The highest BCUT2D eigenvalue weighted by Crippen LogP contribution is 2.14. The number of carbonyl (C=O) groups is 2. The van der Waals surface area contributed by atoms with Crippen molar-refractivity contribution in [1.82, 2.24) is 0 Å². The fraction of sp³-hybridized carbons (Fsp3) is 0.667. The average Bonchev–Trinajstić information content (AvgIpc) is 2.49. The van der Waals surface area contributed by atoms with Crippen molar-refractivity contribution < 1.29 is 19.1 Å². The van der Waals surface area contributed by atoms with E-state index in [1.165, 1.54) is 12.5 Å². The van der Waals surface area contributed by atoms with Crippen LogP contribution in [0.25, 0.3) is 0 Å². The van der Waals surface area contributed by atoms with E-state index >= 15 is 0 Å². The first-order valence-electron chi connectivity index (χ1n) is 8.18. The molecule has 22 heavy (non-hydrogen) atoms. The minimum atomic E-state index is -0.177. The van der Waals surface area contributed by atoms with Gasteiger partial charge in [0.1, 0.15) is 0 Å². The molecular weight excluding hydrogens is 280 g/mol. The molecule has 0 saturated carbocycles. The molecule has 0 aromatic heterocycles. The van der Waals surface area contributed by atoms with Crippen molar-refractivity contribution in [3.8, 4) is 0 Å². The molecule has 0 aromatic carbocycles. The molecule has 0 aliphatic carbocycles. The normalized spacial score (nSPS) is 10.7. The predicted molar refractivity (Wildman–Crippen MR) is 90.0 cm³/mol. The Hall–Kier alpha value is -1.58. The number of hydrogen-bond donors (Lipinski definition) is 0. The standard InChI is InChI=1S/C10H18O2.C8H14O2/c1-4-7-8-9(5-2)10(11)12-6-3;1-3-5-6-7-8(9)10-4-2/h6,9H,3-5,7-8H2,1-2H3;4H,2-3,5-7H2,1H3. The third-order valence-corrected chi connectivity index (χ3v) is 3.13. The van der Waals surface area contributed by atoms with Gasteiger partial charge in [-0.1, -0.05) is 59.6 Å². The summed E-state index contributed by atoms with van der Waals surface area (Å²) < 4.78 is 9.23. The van der Waals surface area contributed by atoms with E-state index in [0.29, 0.717) is 6.42 Å². The smallest absolute Gasteiger partial charge is 0.313 e. The molecule has 0 bridgehead atoms. The fourth-order valence-corrected chi connectivity index (χ4v) is 1.79. The Balaban J connectivity index is 0. The molecule has 0 heterocycles. The van der Waals surface area contributed by atoms with Gasteiger partial charge in [0.15, 0.2) is 0 Å². The summed E-state index contributed by atoms with van der Waals surface area (Å²) in [5, 5.41) is 0. The summed E-state index contributed by atoms with van der Waals surface area (Å²) >= 11 is 0. The fourth-order valence-electron chi connectivity index (χ4n) is 1.79. The topological polar surface area (TPSA) is 52.6 Å². The van der Waals surface area contributed by atoms with Gasteiger partial charge in [-0.05, 0) is 19.3 Å². The number of esters is 2. The quantitative estimate of drug-likeness (QED) is 0.301. The van der Waals surface area contributed by atoms with Crippen molar-refractivity contribution >= 4 is 11.9 Å². The Morgan fingerprint density at radius 2 is 1.55 bits per heavy atom. The molecular formula is C18H32O4. The first kappa shape index (κ1) is 22.7. The molecule has 0 aromatic rings. The van der Waals surface area contributed by atoms with E-state index in [0.717, 1.165) is 44.9 Å². The molecule has 0 fully saturated rings. The van der Waals surface area contributed by atoms with E-state index in [-0.39, 0.29) is 17.9 Å². The Kier molecular flexibility index (Phi) is 18.0. The van der Waals surface area contributed by atoms with Crippen LogP contribution in [0.2, 0.25) is 0 Å². The van der Waals surface area contributed by atoms with Gasteiger partial charge in [-0.15, -0.1) is 0 Å². The van der Waals surface area contributed by atoms with Crippen LogP contribution >= 0.6 is 0 Å². The van der Waals surface area contributed by atoms with Gasteiger partial charge < -0.3 is 9.47 Å². The van der Waals surface area contributed by atoms with Gasteiger partial charge in [0, 0.05) is 6.42 Å². The molecule has 0 aliphatic rings. The lowest BCUT2D eigenvalue weighted by molar-refractivity contribution is -0.143. The first-order valence-corrected chi connectivity index (χ1v) is 8.18. The summed E-state index contributed by atoms with van der Waals surface area (Å²) in [4.78, 5) is 21.8. The Morgan fingerprint density at radius 3 is 2.00 bits per heavy atom. The number of rotatable bonds is 11. The zero-order valence-electron chi connectivity index (χ0n) is 14.4. The summed E-state index contributed by atoms with van der Waals surface area (Å²) in [5.41, 5.74) is 0. The molecule has 0 radical (unpaired) electrons. The summed E-state index contributed by atoms with van der Waals surface area (Å²) in [7, 11) is 0. The van der Waals surface area contributed by atoms with Gasteiger partial charge >= 0.3 is 11.9 Å². The molecule has 1 unspecified atom stereocenters. The van der Waals surface area contributed by atoms with Crippen molar-refractivity contribution in [3.63, 3.8) is 0 Å². The van der Waals surface area contributed by atoms with Crippen LogP contribution in [0, 0.1) is 5.92 Å². The van der Waals surface area contributed by atoms with Crippen LogP contribution in [0.15, 0.2) is 25.7 Å². The van der Waals surface area contributed by atoms with Crippen molar-refractivity contribution in [3.05, 3.63) is 25.7 Å². The zero-order chi connectivity index (χ0) is 17.2. The molecule has 4 nitrogen and oxygen atoms in total. The summed E-state index contributed by atoms with van der Waals surface area (Å²) in [6.07, 6.45) is 10.0. The first-order chi connectivity index (χ1) is 10.6. The second kappa shape index (κ2) is 17.5. The van der Waals surface area contributed by atoms with Crippen LogP contribution in [0.4, 0.5) is 0 Å². The third-order valence-electron chi connectivity index (χ3n) is 3.13. The van der Waals surface area contributed by atoms with Gasteiger partial charge in [0.25, 0.3) is 0 Å². The summed E-state index contributed by atoms with van der Waals surface area (Å²) in [5.74, 6) is -0.257. The van der Waals surface area contributed by atoms with E-state index in [1.807, 2.05) is 6.92 Å². The highest BCUT2D eigenvalue weighted by Gasteiger charge is 2.15. The van der Waals surface area contributed by atoms with Crippen LogP contribution in [-0.4, -0.2) is 11.9 Å². The lowest BCUT2D eigenvalue weighted by Gasteiger charge is -2.10. The molecule has 128 valence electrons. The van der Waals surface area contributed by atoms with Crippen LogP contribution in [0.5, 0.6) is 0 Å². The maximum Gasteiger partial charge on any atom is 0.313 e. The summed E-state index contributed by atoms with van der Waals surface area (Å²) in [6, 6.07) is 0. The van der Waals surface area contributed by atoms with Gasteiger partial charge in [0.05, 0.1) is 18.4 Å². The van der Waals surface area contributed by atoms with Crippen LogP contribution < -0.4 is 0 Å². The molecule has 0 aliphatic heterocycles. The minimum Gasteiger partial charge on any atom is -0.435 e. The second-order valence-corrected chi connectivity index (χ2v) is 4.96. The lowest BCUT2D eigenvalue weighted by atomic mass is 10.00. The van der Waals surface area contributed by atoms with Gasteiger partial charge in [-0.2, -0.15) is 0 Å². The maximum absolute atomic E-state index is 11.2. The Morgan fingerprint density at radius 1 is 0.955 bits per heavy atom. The number of ether oxygens (including phenoxy) is 2. The minimum absolute atomic E-state index is 0.0583. The largest absolute Gasteiger partial charge is 0.435 e. The molecule has 0 saturated heterocycles.